The minimum atomic E-state index is -0.623. The first kappa shape index (κ1) is 17.8. The molecule has 0 bridgehead atoms. The molecule has 0 unspecified atom stereocenters. The maximum absolute atomic E-state index is 13.4. The molecule has 1 N–H and O–H groups in total. The van der Waals surface area contributed by atoms with Crippen LogP contribution >= 0.6 is 0 Å². The molecule has 4 heteroatoms. The van der Waals surface area contributed by atoms with Crippen LogP contribution in [0.1, 0.15) is 52.9 Å². The van der Waals surface area contributed by atoms with Crippen molar-refractivity contribution in [1.29, 1.82) is 0 Å². The summed E-state index contributed by atoms with van der Waals surface area (Å²) in [5.41, 5.74) is -0.274. The lowest BCUT2D eigenvalue weighted by Crippen LogP contribution is -2.57. The summed E-state index contributed by atoms with van der Waals surface area (Å²) in [5.74, 6) is 0.575. The second kappa shape index (κ2) is 5.48. The van der Waals surface area contributed by atoms with E-state index in [2.05, 4.69) is 13.8 Å². The van der Waals surface area contributed by atoms with Crippen LogP contribution in [-0.2, 0) is 14.4 Å². The van der Waals surface area contributed by atoms with Gasteiger partial charge in [-0.1, -0.05) is 32.4 Å². The Hall–Kier alpha value is -1.55. The number of fused-ring (bicyclic) bond motifs is 5. The molecule has 4 aliphatic rings. The third-order valence-electron chi connectivity index (χ3n) is 8.62. The van der Waals surface area contributed by atoms with Crippen molar-refractivity contribution in [2.24, 2.45) is 34.0 Å². The van der Waals surface area contributed by atoms with Crippen LogP contribution in [0.3, 0.4) is 0 Å². The van der Waals surface area contributed by atoms with Gasteiger partial charge in [0.2, 0.25) is 0 Å². The number of aliphatic hydroxyl groups is 1. The van der Waals surface area contributed by atoms with E-state index in [0.717, 1.165) is 31.3 Å². The number of hydrogen-bond donors (Lipinski definition) is 1. The van der Waals surface area contributed by atoms with Crippen LogP contribution in [-0.4, -0.2) is 29.1 Å². The lowest BCUT2D eigenvalue weighted by Gasteiger charge is -2.57. The Labute approximate surface area is 154 Å². The minimum Gasteiger partial charge on any atom is -0.389 e. The van der Waals surface area contributed by atoms with Gasteiger partial charge in [0, 0.05) is 23.2 Å². The summed E-state index contributed by atoms with van der Waals surface area (Å²) in [6, 6.07) is 0. The van der Waals surface area contributed by atoms with Crippen molar-refractivity contribution >= 4 is 17.3 Å². The Balaban J connectivity index is 1.76. The number of aliphatic hydroxyl groups excluding tert-OH is 1. The monoisotopic (exact) mass is 356 g/mol. The molecule has 4 rings (SSSR count). The molecule has 0 amide bonds. The zero-order valence-corrected chi connectivity index (χ0v) is 15.9. The molecule has 4 aliphatic carbocycles. The van der Waals surface area contributed by atoms with Gasteiger partial charge in [0.1, 0.15) is 12.4 Å². The Bertz CT molecular complexity index is 762. The molecule has 26 heavy (non-hydrogen) atoms. The predicted octanol–water partition coefficient (Wildman–Crippen LogP) is 3.04. The summed E-state index contributed by atoms with van der Waals surface area (Å²) in [6.45, 7) is 5.71. The summed E-state index contributed by atoms with van der Waals surface area (Å²) >= 11 is 0. The zero-order chi connectivity index (χ0) is 18.9. The third-order valence-corrected chi connectivity index (χ3v) is 8.62. The Morgan fingerprint density at radius 3 is 2.65 bits per heavy atom. The molecule has 0 radical (unpaired) electrons. The van der Waals surface area contributed by atoms with E-state index >= 15 is 0 Å². The molecular weight excluding hydrogens is 328 g/mol. The number of rotatable bonds is 2. The summed E-state index contributed by atoms with van der Waals surface area (Å²) in [6.07, 6.45) is 9.12. The fourth-order valence-corrected chi connectivity index (χ4v) is 6.90. The number of carbonyl (C=O) groups is 3. The normalized spacial score (nSPS) is 47.1. The van der Waals surface area contributed by atoms with Gasteiger partial charge in [-0.15, -0.1) is 0 Å². The maximum atomic E-state index is 13.4. The zero-order valence-electron chi connectivity index (χ0n) is 15.9. The summed E-state index contributed by atoms with van der Waals surface area (Å²) in [5, 5.41) is 9.50. The van der Waals surface area contributed by atoms with Gasteiger partial charge in [0.05, 0.1) is 0 Å². The van der Waals surface area contributed by atoms with E-state index < -0.39 is 12.0 Å². The van der Waals surface area contributed by atoms with E-state index in [9.17, 15) is 19.5 Å². The highest BCUT2D eigenvalue weighted by molar-refractivity contribution is 6.02. The van der Waals surface area contributed by atoms with E-state index in [1.807, 2.05) is 13.0 Å². The van der Waals surface area contributed by atoms with Crippen LogP contribution in [0.5, 0.6) is 0 Å². The van der Waals surface area contributed by atoms with Crippen molar-refractivity contribution in [3.63, 3.8) is 0 Å². The van der Waals surface area contributed by atoms with Crippen LogP contribution in [0.2, 0.25) is 0 Å². The average Bonchev–Trinajstić information content (AvgIpc) is 2.86. The van der Waals surface area contributed by atoms with Crippen LogP contribution in [0.15, 0.2) is 23.8 Å². The summed E-state index contributed by atoms with van der Waals surface area (Å²) in [7, 11) is 0. The van der Waals surface area contributed by atoms with Crippen molar-refractivity contribution in [2.75, 3.05) is 6.61 Å². The predicted molar refractivity (Wildman–Crippen MR) is 97.2 cm³/mol. The number of Topliss-reactive ketones (excluding diaryl/α,β-unsaturated/α-hetero) is 2. The van der Waals surface area contributed by atoms with Crippen LogP contribution in [0, 0.1) is 34.0 Å². The molecule has 3 fully saturated rings. The lowest BCUT2D eigenvalue weighted by atomic mass is 9.45. The van der Waals surface area contributed by atoms with Crippen molar-refractivity contribution in [2.45, 2.75) is 52.9 Å². The standard InChI is InChI=1S/C22H28O4/c1-20-8-6-14(24)10-13(20)4-5-15-16-7-9-21(2,18(26)12-23)22(16,3)11-17(25)19(15)20/h6,8,10,15-16,19,23H,4-5,7,9,11-12H2,1-3H3/t15-,16-,19+,20-,21+,22-/m0/s1. The first-order valence-corrected chi connectivity index (χ1v) is 9.78. The molecule has 0 aromatic carbocycles. The highest BCUT2D eigenvalue weighted by Gasteiger charge is 2.66. The van der Waals surface area contributed by atoms with Gasteiger partial charge >= 0.3 is 0 Å². The number of carbonyl (C=O) groups excluding carboxylic acids is 3. The van der Waals surface area contributed by atoms with E-state index in [1.54, 1.807) is 12.2 Å². The SMILES string of the molecule is C[C@]12C=CC(=O)C=C1CC[C@@H]1[C@@H]2C(=O)C[C@@]2(C)[C@H]1CC[C@]2(C)C(=O)CO. The second-order valence-electron chi connectivity index (χ2n) is 9.49. The molecule has 0 aliphatic heterocycles. The maximum Gasteiger partial charge on any atom is 0.178 e. The third kappa shape index (κ3) is 2.02. The molecule has 0 aromatic rings. The van der Waals surface area contributed by atoms with Gasteiger partial charge in [-0.05, 0) is 55.1 Å². The summed E-state index contributed by atoms with van der Waals surface area (Å²) < 4.78 is 0. The quantitative estimate of drug-likeness (QED) is 0.825. The molecule has 0 saturated heterocycles. The fraction of sp³-hybridized carbons (Fsp3) is 0.682. The van der Waals surface area contributed by atoms with Gasteiger partial charge in [-0.3, -0.25) is 14.4 Å². The van der Waals surface area contributed by atoms with Crippen molar-refractivity contribution in [3.05, 3.63) is 23.8 Å². The first-order valence-electron chi connectivity index (χ1n) is 9.78. The first-order chi connectivity index (χ1) is 12.2. The molecule has 0 spiro atoms. The van der Waals surface area contributed by atoms with Crippen LogP contribution < -0.4 is 0 Å². The van der Waals surface area contributed by atoms with Gasteiger partial charge in [-0.2, -0.15) is 0 Å². The van der Waals surface area contributed by atoms with Crippen molar-refractivity contribution in [3.8, 4) is 0 Å². The highest BCUT2D eigenvalue weighted by atomic mass is 16.3. The lowest BCUT2D eigenvalue weighted by molar-refractivity contribution is -0.153. The number of ketones is 3. The molecule has 4 nitrogen and oxygen atoms in total. The smallest absolute Gasteiger partial charge is 0.178 e. The van der Waals surface area contributed by atoms with Gasteiger partial charge in [0.15, 0.2) is 11.6 Å². The number of allylic oxidation sites excluding steroid dienone is 4. The Morgan fingerprint density at radius 2 is 1.96 bits per heavy atom. The Morgan fingerprint density at radius 1 is 1.23 bits per heavy atom. The van der Waals surface area contributed by atoms with Crippen LogP contribution in [0.4, 0.5) is 0 Å². The molecule has 0 heterocycles. The Kier molecular flexibility index (Phi) is 3.76. The topological polar surface area (TPSA) is 71.4 Å². The molecule has 0 aromatic heterocycles. The van der Waals surface area contributed by atoms with E-state index in [-0.39, 0.29) is 40.0 Å². The largest absolute Gasteiger partial charge is 0.389 e. The second-order valence-corrected chi connectivity index (χ2v) is 9.49. The van der Waals surface area contributed by atoms with Gasteiger partial charge in [-0.25, -0.2) is 0 Å². The van der Waals surface area contributed by atoms with E-state index in [4.69, 9.17) is 0 Å². The summed E-state index contributed by atoms with van der Waals surface area (Å²) in [4.78, 5) is 37.8. The van der Waals surface area contributed by atoms with Gasteiger partial charge in [0.25, 0.3) is 0 Å². The van der Waals surface area contributed by atoms with Crippen molar-refractivity contribution in [1.82, 2.24) is 0 Å². The van der Waals surface area contributed by atoms with E-state index in [0.29, 0.717) is 12.3 Å². The average molecular weight is 356 g/mol. The molecular formula is C22H28O4. The minimum absolute atomic E-state index is 0.0194. The highest BCUT2D eigenvalue weighted by Crippen LogP contribution is 2.68. The number of hydrogen-bond acceptors (Lipinski definition) is 4. The molecule has 3 saturated carbocycles. The van der Waals surface area contributed by atoms with Gasteiger partial charge < -0.3 is 5.11 Å². The van der Waals surface area contributed by atoms with Crippen molar-refractivity contribution < 1.29 is 19.5 Å². The molecule has 6 atom stereocenters. The van der Waals surface area contributed by atoms with Crippen LogP contribution in [0.25, 0.3) is 0 Å². The van der Waals surface area contributed by atoms with E-state index in [1.165, 1.54) is 0 Å². The molecule has 140 valence electrons. The fourth-order valence-electron chi connectivity index (χ4n) is 6.90.